The number of amides is 1. The summed E-state index contributed by atoms with van der Waals surface area (Å²) in [5.74, 6) is 0.611. The fourth-order valence-corrected chi connectivity index (χ4v) is 1.34. The first-order chi connectivity index (χ1) is 8.18. The topological polar surface area (TPSA) is 54.0 Å². The quantitative estimate of drug-likeness (QED) is 0.701. The predicted octanol–water partition coefficient (Wildman–Crippen LogP) is 1.33. The van der Waals surface area contributed by atoms with Crippen molar-refractivity contribution in [2.45, 2.75) is 26.8 Å². The molecule has 1 aromatic rings. The van der Waals surface area contributed by atoms with E-state index in [2.05, 4.69) is 29.5 Å². The van der Waals surface area contributed by atoms with E-state index in [4.69, 9.17) is 0 Å². The molecule has 0 unspecified atom stereocenters. The van der Waals surface area contributed by atoms with E-state index in [0.717, 1.165) is 18.7 Å². The lowest BCUT2D eigenvalue weighted by Crippen LogP contribution is -2.30. The molecular weight excluding hydrogens is 214 g/mol. The van der Waals surface area contributed by atoms with E-state index in [0.29, 0.717) is 18.9 Å². The standard InChI is InChI=1S/C13H21N3O/c1-11(2)8-16-13(17)5-7-15-10-12-4-3-6-14-9-12/h3-4,6,9,11,15H,5,7-8,10H2,1-2H3,(H,16,17). The maximum Gasteiger partial charge on any atom is 0.221 e. The van der Waals surface area contributed by atoms with Gasteiger partial charge in [-0.15, -0.1) is 0 Å². The van der Waals surface area contributed by atoms with Gasteiger partial charge in [-0.3, -0.25) is 9.78 Å². The zero-order valence-electron chi connectivity index (χ0n) is 10.6. The first-order valence-corrected chi connectivity index (χ1v) is 6.05. The summed E-state index contributed by atoms with van der Waals surface area (Å²) in [6.45, 7) is 6.37. The molecule has 0 radical (unpaired) electrons. The average molecular weight is 235 g/mol. The largest absolute Gasteiger partial charge is 0.356 e. The van der Waals surface area contributed by atoms with Gasteiger partial charge in [0.15, 0.2) is 0 Å². The molecule has 0 aliphatic rings. The van der Waals surface area contributed by atoms with Crippen LogP contribution < -0.4 is 10.6 Å². The highest BCUT2D eigenvalue weighted by Crippen LogP contribution is 1.94. The minimum absolute atomic E-state index is 0.109. The predicted molar refractivity (Wildman–Crippen MR) is 68.4 cm³/mol. The van der Waals surface area contributed by atoms with Crippen LogP contribution in [0.25, 0.3) is 0 Å². The fourth-order valence-electron chi connectivity index (χ4n) is 1.34. The molecule has 94 valence electrons. The Morgan fingerprint density at radius 1 is 1.47 bits per heavy atom. The SMILES string of the molecule is CC(C)CNC(=O)CCNCc1cccnc1. The molecule has 1 rings (SSSR count). The third-order valence-electron chi connectivity index (χ3n) is 2.29. The van der Waals surface area contributed by atoms with Crippen LogP contribution in [0.1, 0.15) is 25.8 Å². The molecule has 0 bridgehead atoms. The Bertz CT molecular complexity index is 325. The molecule has 4 heteroatoms. The Hall–Kier alpha value is -1.42. The fraction of sp³-hybridized carbons (Fsp3) is 0.538. The second-order valence-corrected chi connectivity index (χ2v) is 4.49. The van der Waals surface area contributed by atoms with Gasteiger partial charge in [-0.2, -0.15) is 0 Å². The lowest BCUT2D eigenvalue weighted by Gasteiger charge is -2.08. The highest BCUT2D eigenvalue weighted by Gasteiger charge is 2.01. The molecule has 0 atom stereocenters. The van der Waals surface area contributed by atoms with Crippen LogP contribution in [0.2, 0.25) is 0 Å². The summed E-state index contributed by atoms with van der Waals surface area (Å²) in [5, 5.41) is 6.11. The van der Waals surface area contributed by atoms with E-state index in [1.807, 2.05) is 18.3 Å². The third kappa shape index (κ3) is 6.68. The first-order valence-electron chi connectivity index (χ1n) is 6.05. The van der Waals surface area contributed by atoms with E-state index < -0.39 is 0 Å². The van der Waals surface area contributed by atoms with Crippen LogP contribution in [-0.4, -0.2) is 24.0 Å². The summed E-state index contributed by atoms with van der Waals surface area (Å²) in [6, 6.07) is 3.92. The maximum absolute atomic E-state index is 11.4. The Morgan fingerprint density at radius 3 is 2.94 bits per heavy atom. The van der Waals surface area contributed by atoms with Crippen LogP contribution in [0.4, 0.5) is 0 Å². The van der Waals surface area contributed by atoms with Crippen molar-refractivity contribution in [1.29, 1.82) is 0 Å². The number of carbonyl (C=O) groups is 1. The van der Waals surface area contributed by atoms with Gasteiger partial charge in [0, 0.05) is 38.4 Å². The van der Waals surface area contributed by atoms with Gasteiger partial charge in [0.1, 0.15) is 0 Å². The number of hydrogen-bond donors (Lipinski definition) is 2. The lowest BCUT2D eigenvalue weighted by molar-refractivity contribution is -0.121. The van der Waals surface area contributed by atoms with Crippen molar-refractivity contribution in [2.24, 2.45) is 5.92 Å². The van der Waals surface area contributed by atoms with Crippen LogP contribution in [0.5, 0.6) is 0 Å². The van der Waals surface area contributed by atoms with Crippen molar-refractivity contribution in [3.05, 3.63) is 30.1 Å². The molecule has 2 N–H and O–H groups in total. The van der Waals surface area contributed by atoms with E-state index >= 15 is 0 Å². The zero-order valence-corrected chi connectivity index (χ0v) is 10.6. The molecule has 17 heavy (non-hydrogen) atoms. The molecule has 1 aromatic heterocycles. The van der Waals surface area contributed by atoms with Gasteiger partial charge in [-0.25, -0.2) is 0 Å². The number of rotatable bonds is 7. The van der Waals surface area contributed by atoms with E-state index in [9.17, 15) is 4.79 Å². The van der Waals surface area contributed by atoms with Gasteiger partial charge in [0.05, 0.1) is 0 Å². The number of aromatic nitrogens is 1. The van der Waals surface area contributed by atoms with Gasteiger partial charge < -0.3 is 10.6 Å². The Labute approximate surface area is 103 Å². The first kappa shape index (κ1) is 13.6. The highest BCUT2D eigenvalue weighted by molar-refractivity contribution is 5.76. The van der Waals surface area contributed by atoms with Crippen molar-refractivity contribution >= 4 is 5.91 Å². The lowest BCUT2D eigenvalue weighted by atomic mass is 10.2. The van der Waals surface area contributed by atoms with Gasteiger partial charge in [-0.1, -0.05) is 19.9 Å². The summed E-state index contributed by atoms with van der Waals surface area (Å²) in [7, 11) is 0. The van der Waals surface area contributed by atoms with E-state index in [-0.39, 0.29) is 5.91 Å². The number of hydrogen-bond acceptors (Lipinski definition) is 3. The normalized spacial score (nSPS) is 10.5. The smallest absolute Gasteiger partial charge is 0.221 e. The molecule has 1 amide bonds. The molecule has 0 aromatic carbocycles. The number of pyridine rings is 1. The Kier molecular flexibility index (Phi) is 6.25. The Balaban J connectivity index is 2.06. The molecule has 4 nitrogen and oxygen atoms in total. The van der Waals surface area contributed by atoms with Crippen molar-refractivity contribution in [3.63, 3.8) is 0 Å². The maximum atomic E-state index is 11.4. The van der Waals surface area contributed by atoms with Crippen LogP contribution >= 0.6 is 0 Å². The Morgan fingerprint density at radius 2 is 2.29 bits per heavy atom. The van der Waals surface area contributed by atoms with E-state index in [1.54, 1.807) is 6.20 Å². The van der Waals surface area contributed by atoms with Gasteiger partial charge >= 0.3 is 0 Å². The van der Waals surface area contributed by atoms with Crippen LogP contribution in [0.15, 0.2) is 24.5 Å². The summed E-state index contributed by atoms with van der Waals surface area (Å²) in [4.78, 5) is 15.4. The summed E-state index contributed by atoms with van der Waals surface area (Å²) in [6.07, 6.45) is 4.10. The molecule has 0 saturated carbocycles. The van der Waals surface area contributed by atoms with Crippen molar-refractivity contribution in [1.82, 2.24) is 15.6 Å². The molecule has 0 fully saturated rings. The molecule has 0 aliphatic heterocycles. The summed E-state index contributed by atoms with van der Waals surface area (Å²) in [5.41, 5.74) is 1.13. The second-order valence-electron chi connectivity index (χ2n) is 4.49. The molecule has 0 spiro atoms. The van der Waals surface area contributed by atoms with Crippen molar-refractivity contribution in [3.8, 4) is 0 Å². The summed E-state index contributed by atoms with van der Waals surface area (Å²) < 4.78 is 0. The third-order valence-corrected chi connectivity index (χ3v) is 2.29. The number of nitrogens with one attached hydrogen (secondary N) is 2. The van der Waals surface area contributed by atoms with Crippen LogP contribution in [0, 0.1) is 5.92 Å². The molecule has 0 aliphatic carbocycles. The van der Waals surface area contributed by atoms with Crippen molar-refractivity contribution in [2.75, 3.05) is 13.1 Å². The second kappa shape index (κ2) is 7.79. The monoisotopic (exact) mass is 235 g/mol. The van der Waals surface area contributed by atoms with E-state index in [1.165, 1.54) is 0 Å². The highest BCUT2D eigenvalue weighted by atomic mass is 16.1. The summed E-state index contributed by atoms with van der Waals surface area (Å²) >= 11 is 0. The molecular formula is C13H21N3O. The van der Waals surface area contributed by atoms with Crippen LogP contribution in [-0.2, 0) is 11.3 Å². The van der Waals surface area contributed by atoms with Crippen LogP contribution in [0.3, 0.4) is 0 Å². The van der Waals surface area contributed by atoms with Gasteiger partial charge in [0.25, 0.3) is 0 Å². The van der Waals surface area contributed by atoms with Crippen molar-refractivity contribution < 1.29 is 4.79 Å². The van der Waals surface area contributed by atoms with Gasteiger partial charge in [-0.05, 0) is 17.5 Å². The molecule has 1 heterocycles. The zero-order chi connectivity index (χ0) is 12.5. The number of nitrogens with zero attached hydrogens (tertiary/aromatic N) is 1. The number of carbonyl (C=O) groups excluding carboxylic acids is 1. The molecule has 0 saturated heterocycles. The minimum atomic E-state index is 0.109. The van der Waals surface area contributed by atoms with Gasteiger partial charge in [0.2, 0.25) is 5.91 Å². The minimum Gasteiger partial charge on any atom is -0.356 e. The average Bonchev–Trinajstić information content (AvgIpc) is 2.33.